The van der Waals surface area contributed by atoms with E-state index in [-0.39, 0.29) is 0 Å². The highest BCUT2D eigenvalue weighted by atomic mass is 16.5. The predicted octanol–water partition coefficient (Wildman–Crippen LogP) is 3.12. The Morgan fingerprint density at radius 3 is 2.45 bits per heavy atom. The maximum atomic E-state index is 5.48. The van der Waals surface area contributed by atoms with Crippen molar-refractivity contribution in [2.45, 2.75) is 46.6 Å². The highest BCUT2D eigenvalue weighted by Gasteiger charge is 2.25. The Hall–Kier alpha value is -0.460. The highest BCUT2D eigenvalue weighted by molar-refractivity contribution is 5.12. The van der Waals surface area contributed by atoms with E-state index in [1.165, 1.54) is 5.57 Å². The molecule has 0 radical (unpaired) electrons. The highest BCUT2D eigenvalue weighted by Crippen LogP contribution is 2.34. The summed E-state index contributed by atoms with van der Waals surface area (Å²) in [5.41, 5.74) is 1.74. The summed E-state index contributed by atoms with van der Waals surface area (Å²) in [5.74, 6) is 0. The first-order valence-corrected chi connectivity index (χ1v) is 4.39. The molecule has 0 aromatic rings. The molecule has 0 spiro atoms. The lowest BCUT2D eigenvalue weighted by atomic mass is 9.85. The topological polar surface area (TPSA) is 9.23 Å². The first kappa shape index (κ1) is 8.63. The van der Waals surface area contributed by atoms with Crippen LogP contribution in [0.1, 0.15) is 40.5 Å². The second-order valence-corrected chi connectivity index (χ2v) is 4.26. The normalized spacial score (nSPS) is 24.7. The Morgan fingerprint density at radius 2 is 2.18 bits per heavy atom. The average molecular weight is 154 g/mol. The molecule has 0 bridgehead atoms. The Labute approximate surface area is 69.4 Å². The van der Waals surface area contributed by atoms with Gasteiger partial charge in [0.1, 0.15) is 6.10 Å². The van der Waals surface area contributed by atoms with Crippen LogP contribution in [0.25, 0.3) is 0 Å². The Kier molecular flexibility index (Phi) is 2.26. The van der Waals surface area contributed by atoms with Crippen LogP contribution in [0.2, 0.25) is 0 Å². The zero-order chi connectivity index (χ0) is 8.48. The Bertz CT molecular complexity index is 162. The minimum absolute atomic E-state index is 0.296. The monoisotopic (exact) mass is 154 g/mol. The van der Waals surface area contributed by atoms with Crippen LogP contribution in [-0.4, -0.2) is 6.10 Å². The van der Waals surface area contributed by atoms with Gasteiger partial charge in [-0.3, -0.25) is 0 Å². The van der Waals surface area contributed by atoms with Crippen molar-refractivity contribution in [2.75, 3.05) is 0 Å². The summed E-state index contributed by atoms with van der Waals surface area (Å²) in [6.45, 7) is 8.88. The van der Waals surface area contributed by atoms with E-state index in [1.807, 2.05) is 6.26 Å². The van der Waals surface area contributed by atoms with Gasteiger partial charge in [-0.1, -0.05) is 27.7 Å². The van der Waals surface area contributed by atoms with E-state index in [9.17, 15) is 0 Å². The minimum Gasteiger partial charge on any atom is -0.498 e. The summed E-state index contributed by atoms with van der Waals surface area (Å²) in [7, 11) is 0. The SMILES string of the molecule is CCC1CC(C(C)(C)C)=CO1. The third-order valence-electron chi connectivity index (χ3n) is 2.27. The van der Waals surface area contributed by atoms with Gasteiger partial charge in [-0.05, 0) is 17.4 Å². The predicted molar refractivity (Wildman–Crippen MR) is 47.3 cm³/mol. The fourth-order valence-corrected chi connectivity index (χ4v) is 1.24. The van der Waals surface area contributed by atoms with Gasteiger partial charge < -0.3 is 4.74 Å². The first-order chi connectivity index (χ1) is 5.04. The molecule has 0 fully saturated rings. The van der Waals surface area contributed by atoms with Gasteiger partial charge in [-0.15, -0.1) is 0 Å². The van der Waals surface area contributed by atoms with Crippen molar-refractivity contribution in [3.63, 3.8) is 0 Å². The smallest absolute Gasteiger partial charge is 0.101 e. The molecule has 1 aliphatic rings. The molecule has 0 saturated carbocycles. The standard InChI is InChI=1S/C10H18O/c1-5-9-6-8(7-11-9)10(2,3)4/h7,9H,5-6H2,1-4H3. The molecule has 1 aliphatic heterocycles. The van der Waals surface area contributed by atoms with Crippen LogP contribution < -0.4 is 0 Å². The number of rotatable bonds is 1. The third kappa shape index (κ3) is 1.98. The molecular weight excluding hydrogens is 136 g/mol. The second kappa shape index (κ2) is 2.88. The Morgan fingerprint density at radius 1 is 1.55 bits per heavy atom. The van der Waals surface area contributed by atoms with E-state index < -0.39 is 0 Å². The van der Waals surface area contributed by atoms with Crippen LogP contribution in [0.4, 0.5) is 0 Å². The van der Waals surface area contributed by atoms with Crippen molar-refractivity contribution >= 4 is 0 Å². The molecule has 0 aliphatic carbocycles. The number of ether oxygens (including phenoxy) is 1. The number of hydrogen-bond acceptors (Lipinski definition) is 1. The summed E-state index contributed by atoms with van der Waals surface area (Å²) in [4.78, 5) is 0. The number of hydrogen-bond donors (Lipinski definition) is 0. The maximum absolute atomic E-state index is 5.48. The van der Waals surface area contributed by atoms with Crippen molar-refractivity contribution in [1.82, 2.24) is 0 Å². The second-order valence-electron chi connectivity index (χ2n) is 4.26. The molecular formula is C10H18O. The van der Waals surface area contributed by atoms with Crippen molar-refractivity contribution in [1.29, 1.82) is 0 Å². The molecule has 0 N–H and O–H groups in total. The zero-order valence-electron chi connectivity index (χ0n) is 7.98. The molecule has 1 nitrogen and oxygen atoms in total. The zero-order valence-corrected chi connectivity index (χ0v) is 7.98. The molecule has 0 saturated heterocycles. The van der Waals surface area contributed by atoms with Crippen LogP contribution >= 0.6 is 0 Å². The molecule has 1 atom stereocenters. The molecule has 1 rings (SSSR count). The van der Waals surface area contributed by atoms with E-state index in [0.29, 0.717) is 11.5 Å². The quantitative estimate of drug-likeness (QED) is 0.564. The van der Waals surface area contributed by atoms with Gasteiger partial charge in [0.25, 0.3) is 0 Å². The molecule has 11 heavy (non-hydrogen) atoms. The minimum atomic E-state index is 0.296. The molecule has 0 aromatic heterocycles. The van der Waals surface area contributed by atoms with Gasteiger partial charge in [0.05, 0.1) is 6.26 Å². The fourth-order valence-electron chi connectivity index (χ4n) is 1.24. The Balaban J connectivity index is 2.53. The van der Waals surface area contributed by atoms with E-state index in [2.05, 4.69) is 27.7 Å². The summed E-state index contributed by atoms with van der Waals surface area (Å²) in [5, 5.41) is 0. The van der Waals surface area contributed by atoms with Crippen molar-refractivity contribution in [3.8, 4) is 0 Å². The first-order valence-electron chi connectivity index (χ1n) is 4.39. The van der Waals surface area contributed by atoms with Gasteiger partial charge >= 0.3 is 0 Å². The largest absolute Gasteiger partial charge is 0.498 e. The van der Waals surface area contributed by atoms with Gasteiger partial charge in [-0.25, -0.2) is 0 Å². The maximum Gasteiger partial charge on any atom is 0.101 e. The molecule has 0 amide bonds. The summed E-state index contributed by atoms with van der Waals surface area (Å²) >= 11 is 0. The lowest BCUT2D eigenvalue weighted by Gasteiger charge is -2.18. The molecule has 64 valence electrons. The summed E-state index contributed by atoms with van der Waals surface area (Å²) < 4.78 is 5.48. The van der Waals surface area contributed by atoms with Crippen molar-refractivity contribution in [3.05, 3.63) is 11.8 Å². The lowest BCUT2D eigenvalue weighted by molar-refractivity contribution is 0.166. The van der Waals surface area contributed by atoms with Crippen molar-refractivity contribution < 1.29 is 4.74 Å². The third-order valence-corrected chi connectivity index (χ3v) is 2.27. The molecule has 1 unspecified atom stereocenters. The van der Waals surface area contributed by atoms with Crippen molar-refractivity contribution in [2.24, 2.45) is 5.41 Å². The molecule has 0 aromatic carbocycles. The fraction of sp³-hybridized carbons (Fsp3) is 0.800. The van der Waals surface area contributed by atoms with Crippen LogP contribution in [0.5, 0.6) is 0 Å². The van der Waals surface area contributed by atoms with Crippen LogP contribution in [0, 0.1) is 5.41 Å². The van der Waals surface area contributed by atoms with Gasteiger partial charge in [0.2, 0.25) is 0 Å². The van der Waals surface area contributed by atoms with Gasteiger partial charge in [0, 0.05) is 6.42 Å². The summed E-state index contributed by atoms with van der Waals surface area (Å²) in [6.07, 6.45) is 4.65. The molecule has 1 heterocycles. The van der Waals surface area contributed by atoms with Gasteiger partial charge in [0.15, 0.2) is 0 Å². The molecule has 1 heteroatoms. The van der Waals surface area contributed by atoms with Crippen LogP contribution in [-0.2, 0) is 4.74 Å². The van der Waals surface area contributed by atoms with E-state index >= 15 is 0 Å². The van der Waals surface area contributed by atoms with Gasteiger partial charge in [-0.2, -0.15) is 0 Å². The van der Waals surface area contributed by atoms with E-state index in [4.69, 9.17) is 4.74 Å². The van der Waals surface area contributed by atoms with E-state index in [0.717, 1.165) is 12.8 Å². The average Bonchev–Trinajstić information content (AvgIpc) is 2.32. The van der Waals surface area contributed by atoms with E-state index in [1.54, 1.807) is 0 Å². The van der Waals surface area contributed by atoms with Crippen LogP contribution in [0.15, 0.2) is 11.8 Å². The van der Waals surface area contributed by atoms with Crippen LogP contribution in [0.3, 0.4) is 0 Å². The summed E-state index contributed by atoms with van der Waals surface area (Å²) in [6, 6.07) is 0. The lowest BCUT2D eigenvalue weighted by Crippen LogP contribution is -2.10.